The van der Waals surface area contributed by atoms with E-state index in [9.17, 15) is 13.2 Å². The number of benzene rings is 2. The maximum Gasteiger partial charge on any atom is 0.163 e. The first-order valence-corrected chi connectivity index (χ1v) is 8.12. The van der Waals surface area contributed by atoms with Crippen molar-refractivity contribution >= 4 is 16.7 Å². The van der Waals surface area contributed by atoms with Crippen LogP contribution in [0.25, 0.3) is 33.4 Å². The zero-order chi connectivity index (χ0) is 19.0. The number of hydrogen-bond donors (Lipinski definition) is 1. The fraction of sp³-hybridized carbons (Fsp3) is 0.0500. The van der Waals surface area contributed by atoms with Crippen molar-refractivity contribution in [2.45, 2.75) is 0 Å². The largest absolute Gasteiger partial charge is 0.373 e. The second kappa shape index (κ2) is 6.68. The SMILES string of the molecule is CNc1nc(-c2cccnc2)nc2c(F)cc(-c3c(F)cccc3F)cc12. The number of halogens is 3. The second-order valence-corrected chi connectivity index (χ2v) is 5.84. The van der Waals surface area contributed by atoms with Crippen molar-refractivity contribution in [3.63, 3.8) is 0 Å². The van der Waals surface area contributed by atoms with Gasteiger partial charge in [-0.2, -0.15) is 0 Å². The molecule has 0 aliphatic rings. The fourth-order valence-electron chi connectivity index (χ4n) is 2.92. The summed E-state index contributed by atoms with van der Waals surface area (Å²) in [6.07, 6.45) is 3.18. The predicted octanol–water partition coefficient (Wildman–Crippen LogP) is 4.82. The Hall–Kier alpha value is -3.48. The van der Waals surface area contributed by atoms with E-state index in [1.807, 2.05) is 0 Å². The Labute approximate surface area is 152 Å². The Bertz CT molecular complexity index is 1130. The lowest BCUT2D eigenvalue weighted by Crippen LogP contribution is -2.01. The van der Waals surface area contributed by atoms with E-state index in [0.29, 0.717) is 22.6 Å². The van der Waals surface area contributed by atoms with Crippen LogP contribution < -0.4 is 5.32 Å². The zero-order valence-corrected chi connectivity index (χ0v) is 14.2. The molecule has 4 aromatic rings. The Kier molecular flexibility index (Phi) is 4.19. The van der Waals surface area contributed by atoms with E-state index in [2.05, 4.69) is 20.3 Å². The summed E-state index contributed by atoms with van der Waals surface area (Å²) in [6.45, 7) is 0. The fourth-order valence-corrected chi connectivity index (χ4v) is 2.92. The van der Waals surface area contributed by atoms with Gasteiger partial charge in [-0.25, -0.2) is 23.1 Å². The van der Waals surface area contributed by atoms with E-state index >= 15 is 0 Å². The Morgan fingerprint density at radius 2 is 1.63 bits per heavy atom. The molecule has 0 aliphatic carbocycles. The number of aromatic nitrogens is 3. The van der Waals surface area contributed by atoms with Crippen molar-refractivity contribution in [1.82, 2.24) is 15.0 Å². The molecule has 0 radical (unpaired) electrons. The minimum Gasteiger partial charge on any atom is -0.373 e. The normalized spacial score (nSPS) is 11.0. The summed E-state index contributed by atoms with van der Waals surface area (Å²) in [5.74, 6) is -1.60. The Balaban J connectivity index is 1.98. The van der Waals surface area contributed by atoms with E-state index < -0.39 is 17.5 Å². The molecule has 1 N–H and O–H groups in total. The summed E-state index contributed by atoms with van der Waals surface area (Å²) in [6, 6.07) is 9.54. The molecule has 2 aromatic carbocycles. The lowest BCUT2D eigenvalue weighted by Gasteiger charge is -2.12. The van der Waals surface area contributed by atoms with Crippen molar-refractivity contribution in [3.05, 3.63) is 72.3 Å². The molecular formula is C20H13F3N4. The topological polar surface area (TPSA) is 50.7 Å². The third-order valence-corrected chi connectivity index (χ3v) is 4.16. The summed E-state index contributed by atoms with van der Waals surface area (Å²) in [5, 5.41) is 3.21. The first kappa shape index (κ1) is 17.0. The maximum atomic E-state index is 14.8. The molecule has 0 spiro atoms. The van der Waals surface area contributed by atoms with Gasteiger partial charge in [-0.05, 0) is 42.0 Å². The van der Waals surface area contributed by atoms with Crippen LogP contribution in [0.4, 0.5) is 19.0 Å². The first-order chi connectivity index (χ1) is 13.1. The van der Waals surface area contributed by atoms with Crippen LogP contribution in [-0.4, -0.2) is 22.0 Å². The summed E-state index contributed by atoms with van der Waals surface area (Å²) in [5.41, 5.74) is 0.453. The summed E-state index contributed by atoms with van der Waals surface area (Å²) >= 11 is 0. The molecule has 0 fully saturated rings. The van der Waals surface area contributed by atoms with Gasteiger partial charge in [0.2, 0.25) is 0 Å². The van der Waals surface area contributed by atoms with Crippen molar-refractivity contribution in [2.24, 2.45) is 0 Å². The van der Waals surface area contributed by atoms with E-state index in [4.69, 9.17) is 0 Å². The summed E-state index contributed by atoms with van der Waals surface area (Å²) in [7, 11) is 1.63. The number of nitrogens with one attached hydrogen (secondary N) is 1. The van der Waals surface area contributed by atoms with Crippen LogP contribution >= 0.6 is 0 Å². The molecule has 0 amide bonds. The predicted molar refractivity (Wildman–Crippen MR) is 97.6 cm³/mol. The maximum absolute atomic E-state index is 14.8. The summed E-state index contributed by atoms with van der Waals surface area (Å²) < 4.78 is 43.1. The molecule has 4 nitrogen and oxygen atoms in total. The minimum atomic E-state index is -0.771. The average Bonchev–Trinajstić information content (AvgIpc) is 2.68. The minimum absolute atomic E-state index is 0.0497. The molecule has 2 heterocycles. The first-order valence-electron chi connectivity index (χ1n) is 8.12. The molecule has 0 aliphatic heterocycles. The molecule has 134 valence electrons. The van der Waals surface area contributed by atoms with Gasteiger partial charge in [-0.15, -0.1) is 0 Å². The van der Waals surface area contributed by atoms with E-state index in [1.54, 1.807) is 31.6 Å². The van der Waals surface area contributed by atoms with Gasteiger partial charge in [0, 0.05) is 30.4 Å². The van der Waals surface area contributed by atoms with E-state index in [1.165, 1.54) is 12.1 Å². The van der Waals surface area contributed by atoms with Crippen LogP contribution in [0.15, 0.2) is 54.9 Å². The highest BCUT2D eigenvalue weighted by Crippen LogP contribution is 2.33. The van der Waals surface area contributed by atoms with E-state index in [-0.39, 0.29) is 16.6 Å². The zero-order valence-electron chi connectivity index (χ0n) is 14.2. The van der Waals surface area contributed by atoms with E-state index in [0.717, 1.165) is 18.2 Å². The molecule has 4 rings (SSSR count). The van der Waals surface area contributed by atoms with Crippen molar-refractivity contribution < 1.29 is 13.2 Å². The lowest BCUT2D eigenvalue weighted by molar-refractivity contribution is 0.589. The van der Waals surface area contributed by atoms with Gasteiger partial charge < -0.3 is 5.32 Å². The molecule has 0 saturated carbocycles. The molecular weight excluding hydrogens is 353 g/mol. The third-order valence-electron chi connectivity index (χ3n) is 4.16. The van der Waals surface area contributed by atoms with Crippen molar-refractivity contribution in [1.29, 1.82) is 0 Å². The van der Waals surface area contributed by atoms with Gasteiger partial charge in [-0.1, -0.05) is 6.07 Å². The van der Waals surface area contributed by atoms with Gasteiger partial charge in [0.1, 0.15) is 28.8 Å². The highest BCUT2D eigenvalue weighted by atomic mass is 19.1. The van der Waals surface area contributed by atoms with Crippen LogP contribution in [0.2, 0.25) is 0 Å². The van der Waals surface area contributed by atoms with Gasteiger partial charge in [-0.3, -0.25) is 4.98 Å². The van der Waals surface area contributed by atoms with Gasteiger partial charge in [0.25, 0.3) is 0 Å². The molecule has 0 saturated heterocycles. The number of hydrogen-bond acceptors (Lipinski definition) is 4. The number of anilines is 1. The second-order valence-electron chi connectivity index (χ2n) is 5.84. The van der Waals surface area contributed by atoms with Crippen LogP contribution in [0, 0.1) is 17.5 Å². The van der Waals surface area contributed by atoms with Crippen LogP contribution in [-0.2, 0) is 0 Å². The quantitative estimate of drug-likeness (QED) is 0.565. The van der Waals surface area contributed by atoms with Crippen molar-refractivity contribution in [3.8, 4) is 22.5 Å². The molecule has 0 atom stereocenters. The molecule has 0 bridgehead atoms. The van der Waals surface area contributed by atoms with Gasteiger partial charge in [0.05, 0.1) is 5.56 Å². The molecule has 0 unspecified atom stereocenters. The number of rotatable bonds is 3. The number of fused-ring (bicyclic) bond motifs is 1. The van der Waals surface area contributed by atoms with Crippen LogP contribution in [0.3, 0.4) is 0 Å². The summed E-state index contributed by atoms with van der Waals surface area (Å²) in [4.78, 5) is 12.7. The molecule has 2 aromatic heterocycles. The molecule has 7 heteroatoms. The number of nitrogens with zero attached hydrogens (tertiary/aromatic N) is 3. The van der Waals surface area contributed by atoms with Gasteiger partial charge in [0.15, 0.2) is 5.82 Å². The van der Waals surface area contributed by atoms with Gasteiger partial charge >= 0.3 is 0 Å². The smallest absolute Gasteiger partial charge is 0.163 e. The third kappa shape index (κ3) is 2.97. The van der Waals surface area contributed by atoms with Crippen LogP contribution in [0.1, 0.15) is 0 Å². The molecule has 27 heavy (non-hydrogen) atoms. The highest BCUT2D eigenvalue weighted by Gasteiger charge is 2.17. The van der Waals surface area contributed by atoms with Crippen LogP contribution in [0.5, 0.6) is 0 Å². The van der Waals surface area contributed by atoms with Crippen molar-refractivity contribution in [2.75, 3.05) is 12.4 Å². The lowest BCUT2D eigenvalue weighted by atomic mass is 10.0. The highest BCUT2D eigenvalue weighted by molar-refractivity contribution is 5.94. The average molecular weight is 366 g/mol. The standard InChI is InChI=1S/C20H13F3N4/c1-24-20-13-8-12(17-14(21)5-2-6-15(17)22)9-16(23)18(13)26-19(27-20)11-4-3-7-25-10-11/h2-10H,1H3,(H,24,26,27). The monoisotopic (exact) mass is 366 g/mol. The Morgan fingerprint density at radius 1 is 0.852 bits per heavy atom. The number of pyridine rings is 1. The Morgan fingerprint density at radius 3 is 2.30 bits per heavy atom.